The van der Waals surface area contributed by atoms with Gasteiger partial charge in [0.2, 0.25) is 10.0 Å². The molecule has 1 N–H and O–H groups in total. The van der Waals surface area contributed by atoms with Gasteiger partial charge in [-0.15, -0.1) is 0 Å². The van der Waals surface area contributed by atoms with Gasteiger partial charge in [0, 0.05) is 28.7 Å². The second-order valence-corrected chi connectivity index (χ2v) is 10.7. The van der Waals surface area contributed by atoms with E-state index in [-0.39, 0.29) is 46.4 Å². The fraction of sp³-hybridized carbons (Fsp3) is 0.333. The van der Waals surface area contributed by atoms with Crippen molar-refractivity contribution in [2.24, 2.45) is 0 Å². The number of hydrogen-bond acceptors (Lipinski definition) is 4. The number of rotatable bonds is 7. The smallest absolute Gasteiger partial charge is 0.448 e. The Morgan fingerprint density at radius 3 is 2.26 bits per heavy atom. The summed E-state index contributed by atoms with van der Waals surface area (Å²) in [6.07, 6.45) is 3.45. The number of carbonyl (C=O) groups is 1. The maximum absolute atomic E-state index is 12.2. The van der Waals surface area contributed by atoms with Crippen LogP contribution in [0.2, 0.25) is 5.02 Å². The fourth-order valence-electron chi connectivity index (χ4n) is 3.19. The Balaban J connectivity index is 0.00000408. The summed E-state index contributed by atoms with van der Waals surface area (Å²) in [7, 11) is -4.08. The first-order valence-corrected chi connectivity index (χ1v) is 12.5. The Kier molecular flexibility index (Phi) is 9.80. The van der Waals surface area contributed by atoms with Crippen molar-refractivity contribution in [1.29, 1.82) is 0 Å². The average molecular weight is 511 g/mol. The Bertz CT molecular complexity index is 1220. The minimum atomic E-state index is -4.08. The van der Waals surface area contributed by atoms with E-state index in [1.165, 1.54) is 24.3 Å². The van der Waals surface area contributed by atoms with E-state index in [0.29, 0.717) is 11.4 Å². The predicted molar refractivity (Wildman–Crippen MR) is 131 cm³/mol. The SMILES string of the molecule is CCc1nc(C(C)(C)C)cn1-c1ccc(CCNC(=O)[N-]S(=O)(=O)c2ccc(Cl)cc2)cc1.[Na+]. The van der Waals surface area contributed by atoms with Gasteiger partial charge in [-0.2, -0.15) is 0 Å². The number of nitrogens with one attached hydrogen (secondary N) is 1. The molecule has 3 aromatic rings. The molecule has 1 heterocycles. The van der Waals surface area contributed by atoms with Gasteiger partial charge in [0.1, 0.15) is 5.82 Å². The molecular formula is C24H28ClN4NaO3S. The first-order chi connectivity index (χ1) is 15.5. The van der Waals surface area contributed by atoms with E-state index in [1.807, 2.05) is 24.3 Å². The van der Waals surface area contributed by atoms with Crippen molar-refractivity contribution in [3.63, 3.8) is 0 Å². The third-order valence-electron chi connectivity index (χ3n) is 5.08. The average Bonchev–Trinajstić information content (AvgIpc) is 3.19. The number of benzene rings is 2. The van der Waals surface area contributed by atoms with Crippen LogP contribution in [0.4, 0.5) is 4.79 Å². The van der Waals surface area contributed by atoms with Gasteiger partial charge in [0.05, 0.1) is 10.6 Å². The maximum atomic E-state index is 12.2. The zero-order chi connectivity index (χ0) is 24.2. The Hall–Kier alpha value is -1.84. The van der Waals surface area contributed by atoms with Crippen LogP contribution in [0, 0.1) is 0 Å². The molecule has 0 fully saturated rings. The number of aromatic nitrogens is 2. The van der Waals surface area contributed by atoms with E-state index in [2.05, 4.69) is 48.5 Å². The molecule has 0 saturated carbocycles. The molecule has 0 atom stereocenters. The van der Waals surface area contributed by atoms with Crippen LogP contribution in [0.5, 0.6) is 0 Å². The Morgan fingerprint density at radius 2 is 1.71 bits per heavy atom. The maximum Gasteiger partial charge on any atom is 1.00 e. The number of nitrogens with zero attached hydrogens (tertiary/aromatic N) is 3. The molecule has 0 bridgehead atoms. The number of amides is 2. The minimum absolute atomic E-state index is 0. The van der Waals surface area contributed by atoms with Crippen LogP contribution in [-0.4, -0.2) is 30.5 Å². The minimum Gasteiger partial charge on any atom is -0.448 e. The van der Waals surface area contributed by atoms with E-state index < -0.39 is 16.1 Å². The van der Waals surface area contributed by atoms with Gasteiger partial charge in [-0.1, -0.05) is 51.4 Å². The molecule has 0 radical (unpaired) electrons. The number of halogens is 1. The summed E-state index contributed by atoms with van der Waals surface area (Å²) in [6, 6.07) is 12.6. The molecule has 0 aliphatic rings. The molecule has 0 saturated heterocycles. The number of hydrogen-bond donors (Lipinski definition) is 1. The number of urea groups is 1. The molecule has 0 aliphatic carbocycles. The van der Waals surface area contributed by atoms with Crippen molar-refractivity contribution >= 4 is 27.7 Å². The molecule has 2 aromatic carbocycles. The van der Waals surface area contributed by atoms with Crippen LogP contribution in [0.15, 0.2) is 59.6 Å². The van der Waals surface area contributed by atoms with Crippen LogP contribution in [0.1, 0.15) is 44.8 Å². The monoisotopic (exact) mass is 510 g/mol. The molecule has 176 valence electrons. The molecule has 10 heteroatoms. The normalized spacial score (nSPS) is 11.6. The van der Waals surface area contributed by atoms with Gasteiger partial charge in [-0.25, -0.2) is 13.4 Å². The van der Waals surface area contributed by atoms with E-state index in [0.717, 1.165) is 29.2 Å². The molecule has 2 amide bonds. The zero-order valence-electron chi connectivity index (χ0n) is 20.2. The summed E-state index contributed by atoms with van der Waals surface area (Å²) in [4.78, 5) is 16.7. The molecule has 34 heavy (non-hydrogen) atoms. The van der Waals surface area contributed by atoms with Crippen molar-refractivity contribution in [1.82, 2.24) is 14.9 Å². The van der Waals surface area contributed by atoms with Crippen LogP contribution in [-0.2, 0) is 28.3 Å². The summed E-state index contributed by atoms with van der Waals surface area (Å²) in [6.45, 7) is 8.77. The standard InChI is InChI=1S/C24H29ClN4O3S.Na/c1-5-22-27-21(24(2,3)4)16-29(22)19-10-6-17(7-11-19)14-15-26-23(30)28-33(31,32)20-12-8-18(25)9-13-20;/h6-13,16H,5,14-15H2,1-4H3,(H2,26,28,30);/q;+1/p-1. The number of sulfonamides is 1. The van der Waals surface area contributed by atoms with Gasteiger partial charge < -0.3 is 14.6 Å². The van der Waals surface area contributed by atoms with E-state index in [9.17, 15) is 13.2 Å². The molecule has 0 spiro atoms. The second-order valence-electron chi connectivity index (χ2n) is 8.68. The van der Waals surface area contributed by atoms with Crippen LogP contribution in [0.25, 0.3) is 10.4 Å². The van der Waals surface area contributed by atoms with Crippen LogP contribution < -0.4 is 34.9 Å². The van der Waals surface area contributed by atoms with Gasteiger partial charge in [-0.05, 0) is 54.9 Å². The summed E-state index contributed by atoms with van der Waals surface area (Å²) in [5.74, 6) is 1.00. The fourth-order valence-corrected chi connectivity index (χ4v) is 4.18. The predicted octanol–water partition coefficient (Wildman–Crippen LogP) is 2.40. The van der Waals surface area contributed by atoms with Crippen LogP contribution >= 0.6 is 11.6 Å². The Labute approximate surface area is 228 Å². The van der Waals surface area contributed by atoms with Gasteiger partial charge >= 0.3 is 29.6 Å². The molecule has 7 nitrogen and oxygen atoms in total. The van der Waals surface area contributed by atoms with Crippen LogP contribution in [0.3, 0.4) is 0 Å². The topological polar surface area (TPSA) is 95.2 Å². The molecule has 0 aliphatic heterocycles. The number of aryl methyl sites for hydroxylation is 1. The van der Waals surface area contributed by atoms with Gasteiger partial charge in [0.15, 0.2) is 6.03 Å². The van der Waals surface area contributed by atoms with E-state index in [1.54, 1.807) is 0 Å². The third-order valence-corrected chi connectivity index (χ3v) is 6.61. The largest absolute Gasteiger partial charge is 1.00 e. The van der Waals surface area contributed by atoms with Gasteiger partial charge in [-0.3, -0.25) is 4.79 Å². The first kappa shape index (κ1) is 28.4. The van der Waals surface area contributed by atoms with E-state index in [4.69, 9.17) is 16.6 Å². The van der Waals surface area contributed by atoms with Crippen molar-refractivity contribution < 1.29 is 42.8 Å². The molecule has 3 rings (SSSR count). The Morgan fingerprint density at radius 1 is 1.09 bits per heavy atom. The van der Waals surface area contributed by atoms with Gasteiger partial charge in [0.25, 0.3) is 0 Å². The second kappa shape index (κ2) is 11.7. The quantitative estimate of drug-likeness (QED) is 0.494. The van der Waals surface area contributed by atoms with E-state index >= 15 is 0 Å². The van der Waals surface area contributed by atoms with Crippen molar-refractivity contribution in [2.75, 3.05) is 6.54 Å². The summed E-state index contributed by atoms with van der Waals surface area (Å²) >= 11 is 5.76. The first-order valence-electron chi connectivity index (χ1n) is 10.7. The zero-order valence-corrected chi connectivity index (χ0v) is 23.7. The summed E-state index contributed by atoms with van der Waals surface area (Å²) in [5.41, 5.74) is 3.04. The number of imidazole rings is 1. The van der Waals surface area contributed by atoms with Crippen molar-refractivity contribution in [3.05, 3.63) is 81.6 Å². The van der Waals surface area contributed by atoms with Crippen molar-refractivity contribution in [2.45, 2.75) is 50.8 Å². The molecule has 0 unspecified atom stereocenters. The summed E-state index contributed by atoms with van der Waals surface area (Å²) < 4.78 is 29.8. The molecule has 1 aromatic heterocycles. The van der Waals surface area contributed by atoms with Crippen molar-refractivity contribution in [3.8, 4) is 5.69 Å². The third kappa shape index (κ3) is 7.33. The summed E-state index contributed by atoms with van der Waals surface area (Å²) in [5, 5.41) is 2.93. The number of carbonyl (C=O) groups excluding carboxylic acids is 1. The molecular weight excluding hydrogens is 483 g/mol.